The Labute approximate surface area is 54.0 Å². The van der Waals surface area contributed by atoms with Crippen molar-refractivity contribution in [3.63, 3.8) is 0 Å². The molecule has 0 fully saturated rings. The Morgan fingerprint density at radius 2 is 2.25 bits per heavy atom. The maximum atomic E-state index is 4.34. The highest BCUT2D eigenvalue weighted by atomic mass is 28.2. The van der Waals surface area contributed by atoms with Crippen LogP contribution < -0.4 is 0 Å². The van der Waals surface area contributed by atoms with Crippen LogP contribution in [0.1, 0.15) is 20.3 Å². The number of hydrogen-bond acceptors (Lipinski definition) is 1. The van der Waals surface area contributed by atoms with E-state index >= 15 is 0 Å². The minimum absolute atomic E-state index is 0.174. The largest absolute Gasteiger partial charge is 0.298 e. The summed E-state index contributed by atoms with van der Waals surface area (Å²) in [7, 11) is 0.174. The Morgan fingerprint density at radius 3 is 2.62 bits per heavy atom. The van der Waals surface area contributed by atoms with Crippen LogP contribution in [0.15, 0.2) is 4.99 Å². The molecule has 8 heavy (non-hydrogen) atoms. The standard InChI is InChI=1S/C6H15NSi/c1-4-6(2)7-5-8-3/h4-5,8H2,1-3H3. The summed E-state index contributed by atoms with van der Waals surface area (Å²) in [5.41, 5.74) is 1.30. The lowest BCUT2D eigenvalue weighted by molar-refractivity contribution is 1.21. The molecule has 0 atom stereocenters. The van der Waals surface area contributed by atoms with E-state index < -0.39 is 0 Å². The predicted molar refractivity (Wildman–Crippen MR) is 42.7 cm³/mol. The maximum absolute atomic E-state index is 4.34. The highest BCUT2D eigenvalue weighted by Gasteiger charge is 1.81. The van der Waals surface area contributed by atoms with E-state index in [2.05, 4.69) is 25.4 Å². The summed E-state index contributed by atoms with van der Waals surface area (Å²) in [6, 6.07) is 0. The average molecular weight is 129 g/mol. The minimum Gasteiger partial charge on any atom is -0.298 e. The Bertz CT molecular complexity index is 78.6. The molecule has 0 aliphatic rings. The number of hydrogen-bond donors (Lipinski definition) is 0. The summed E-state index contributed by atoms with van der Waals surface area (Å²) in [5, 5.41) is 0. The number of nitrogens with zero attached hydrogens (tertiary/aromatic N) is 1. The maximum Gasteiger partial charge on any atom is 0.0431 e. The highest BCUT2D eigenvalue weighted by Crippen LogP contribution is 1.82. The van der Waals surface area contributed by atoms with Crippen molar-refractivity contribution in [2.45, 2.75) is 26.8 Å². The molecule has 0 aliphatic carbocycles. The van der Waals surface area contributed by atoms with Gasteiger partial charge in [0.1, 0.15) is 0 Å². The van der Waals surface area contributed by atoms with Crippen molar-refractivity contribution in [2.24, 2.45) is 4.99 Å². The Morgan fingerprint density at radius 1 is 1.62 bits per heavy atom. The van der Waals surface area contributed by atoms with E-state index in [1.807, 2.05) is 0 Å². The van der Waals surface area contributed by atoms with E-state index in [1.165, 1.54) is 5.71 Å². The molecule has 0 aromatic rings. The fraction of sp³-hybridized carbons (Fsp3) is 0.833. The van der Waals surface area contributed by atoms with Gasteiger partial charge in [-0.1, -0.05) is 13.5 Å². The molecule has 0 rings (SSSR count). The summed E-state index contributed by atoms with van der Waals surface area (Å²) >= 11 is 0. The van der Waals surface area contributed by atoms with Gasteiger partial charge in [-0.05, 0) is 13.3 Å². The average Bonchev–Trinajstić information content (AvgIpc) is 1.83. The van der Waals surface area contributed by atoms with E-state index in [0.717, 1.165) is 12.6 Å². The van der Waals surface area contributed by atoms with Gasteiger partial charge < -0.3 is 0 Å². The molecule has 48 valence electrons. The third-order valence-corrected chi connectivity index (χ3v) is 1.79. The van der Waals surface area contributed by atoms with Crippen molar-refractivity contribution in [3.05, 3.63) is 0 Å². The summed E-state index contributed by atoms with van der Waals surface area (Å²) in [5.74, 6) is 0. The Hall–Kier alpha value is -0.113. The molecule has 0 aliphatic heterocycles. The molecule has 0 N–H and O–H groups in total. The Kier molecular flexibility index (Phi) is 4.96. The van der Waals surface area contributed by atoms with Gasteiger partial charge in [0.15, 0.2) is 0 Å². The molecular weight excluding hydrogens is 114 g/mol. The molecule has 1 nitrogen and oxygen atoms in total. The van der Waals surface area contributed by atoms with Gasteiger partial charge in [0.25, 0.3) is 0 Å². The van der Waals surface area contributed by atoms with Gasteiger partial charge in [0.2, 0.25) is 0 Å². The van der Waals surface area contributed by atoms with Crippen LogP contribution in [0.4, 0.5) is 0 Å². The molecular formula is C6H15NSi. The monoisotopic (exact) mass is 129 g/mol. The van der Waals surface area contributed by atoms with Gasteiger partial charge >= 0.3 is 0 Å². The first kappa shape index (κ1) is 7.89. The normalized spacial score (nSPS) is 13.6. The van der Waals surface area contributed by atoms with Gasteiger partial charge in [0.05, 0.1) is 0 Å². The summed E-state index contributed by atoms with van der Waals surface area (Å²) in [6.45, 7) is 6.53. The van der Waals surface area contributed by atoms with Crippen LogP contribution in [-0.4, -0.2) is 21.4 Å². The smallest absolute Gasteiger partial charge is 0.0431 e. The second kappa shape index (κ2) is 5.03. The van der Waals surface area contributed by atoms with Crippen LogP contribution in [0.3, 0.4) is 0 Å². The molecule has 0 unspecified atom stereocenters. The van der Waals surface area contributed by atoms with Crippen LogP contribution in [0.5, 0.6) is 0 Å². The van der Waals surface area contributed by atoms with Crippen molar-refractivity contribution < 1.29 is 0 Å². The topological polar surface area (TPSA) is 12.4 Å². The Balaban J connectivity index is 3.26. The van der Waals surface area contributed by atoms with E-state index in [1.54, 1.807) is 0 Å². The van der Waals surface area contributed by atoms with E-state index in [0.29, 0.717) is 0 Å². The molecule has 0 spiro atoms. The van der Waals surface area contributed by atoms with Crippen molar-refractivity contribution in [3.8, 4) is 0 Å². The molecule has 0 saturated carbocycles. The van der Waals surface area contributed by atoms with Gasteiger partial charge in [-0.3, -0.25) is 4.99 Å². The van der Waals surface area contributed by atoms with E-state index in [-0.39, 0.29) is 9.52 Å². The summed E-state index contributed by atoms with van der Waals surface area (Å²) in [6.07, 6.45) is 2.26. The molecule has 2 heteroatoms. The first-order valence-corrected chi connectivity index (χ1v) is 5.72. The molecule has 0 heterocycles. The lowest BCUT2D eigenvalue weighted by atomic mass is 10.3. The minimum atomic E-state index is 0.174. The predicted octanol–water partition coefficient (Wildman–Crippen LogP) is 1.03. The molecule has 0 radical (unpaired) electrons. The van der Waals surface area contributed by atoms with Gasteiger partial charge in [-0.15, -0.1) is 0 Å². The molecule has 0 aromatic carbocycles. The zero-order valence-corrected chi connectivity index (χ0v) is 7.48. The van der Waals surface area contributed by atoms with E-state index in [9.17, 15) is 0 Å². The molecule has 0 bridgehead atoms. The van der Waals surface area contributed by atoms with Crippen molar-refractivity contribution in [1.29, 1.82) is 0 Å². The number of aliphatic imine (C=N–C) groups is 1. The summed E-state index contributed by atoms with van der Waals surface area (Å²) < 4.78 is 0. The zero-order valence-electron chi connectivity index (χ0n) is 6.07. The lowest BCUT2D eigenvalue weighted by Gasteiger charge is -1.90. The molecule has 0 saturated heterocycles. The third-order valence-electron chi connectivity index (χ3n) is 1.12. The van der Waals surface area contributed by atoms with E-state index in [4.69, 9.17) is 0 Å². The van der Waals surface area contributed by atoms with Crippen molar-refractivity contribution >= 4 is 15.2 Å². The fourth-order valence-electron chi connectivity index (χ4n) is 0.414. The van der Waals surface area contributed by atoms with Crippen LogP contribution in [0.25, 0.3) is 0 Å². The second-order valence-corrected chi connectivity index (χ2v) is 3.42. The van der Waals surface area contributed by atoms with Crippen LogP contribution >= 0.6 is 0 Å². The SMILES string of the molecule is CCC(C)=NC[SiH2]C. The summed E-state index contributed by atoms with van der Waals surface area (Å²) in [4.78, 5) is 4.34. The van der Waals surface area contributed by atoms with Gasteiger partial charge in [-0.2, -0.15) is 0 Å². The quantitative estimate of drug-likeness (QED) is 0.399. The molecule has 0 amide bonds. The van der Waals surface area contributed by atoms with Crippen LogP contribution in [0, 0.1) is 0 Å². The van der Waals surface area contributed by atoms with Crippen molar-refractivity contribution in [1.82, 2.24) is 0 Å². The first-order valence-electron chi connectivity index (χ1n) is 3.31. The third kappa shape index (κ3) is 4.06. The van der Waals surface area contributed by atoms with Crippen LogP contribution in [0.2, 0.25) is 6.55 Å². The van der Waals surface area contributed by atoms with Crippen molar-refractivity contribution in [2.75, 3.05) is 6.17 Å². The van der Waals surface area contributed by atoms with Gasteiger partial charge in [-0.25, -0.2) is 0 Å². The number of rotatable bonds is 3. The molecule has 0 aromatic heterocycles. The fourth-order valence-corrected chi connectivity index (χ4v) is 1.02. The second-order valence-electron chi connectivity index (χ2n) is 1.97. The lowest BCUT2D eigenvalue weighted by Crippen LogP contribution is -1.94. The zero-order chi connectivity index (χ0) is 6.41. The first-order chi connectivity index (χ1) is 3.81. The van der Waals surface area contributed by atoms with Crippen LogP contribution in [-0.2, 0) is 0 Å². The van der Waals surface area contributed by atoms with Gasteiger partial charge in [0, 0.05) is 21.4 Å². The highest BCUT2D eigenvalue weighted by molar-refractivity contribution is 6.33.